The lowest BCUT2D eigenvalue weighted by molar-refractivity contribution is -0.125. The van der Waals surface area contributed by atoms with Crippen LogP contribution in [0.25, 0.3) is 0 Å². The molecule has 9 heteroatoms. The van der Waals surface area contributed by atoms with Gasteiger partial charge in [0.15, 0.2) is 0 Å². The van der Waals surface area contributed by atoms with Crippen LogP contribution in [-0.4, -0.2) is 30.8 Å². The molecule has 0 saturated heterocycles. The van der Waals surface area contributed by atoms with Crippen LogP contribution in [0.2, 0.25) is 10.0 Å². The number of rotatable bonds is 7. The predicted molar refractivity (Wildman–Crippen MR) is 98.0 cm³/mol. The first kappa shape index (κ1) is 19.2. The molecule has 0 aliphatic rings. The van der Waals surface area contributed by atoms with Crippen LogP contribution in [0.15, 0.2) is 35.7 Å². The first-order valence-electron chi connectivity index (χ1n) is 7.24. The van der Waals surface area contributed by atoms with Gasteiger partial charge in [-0.15, -0.1) is 11.3 Å². The minimum absolute atomic E-state index is 0.196. The van der Waals surface area contributed by atoms with Crippen molar-refractivity contribution in [2.24, 2.45) is 0 Å². The maximum Gasteiger partial charge on any atom is 0.261 e. The molecule has 0 spiro atoms. The average Bonchev–Trinajstić information content (AvgIpc) is 3.11. The van der Waals surface area contributed by atoms with Crippen LogP contribution < -0.4 is 16.0 Å². The molecule has 3 amide bonds. The Morgan fingerprint density at radius 3 is 2.36 bits per heavy atom. The Morgan fingerprint density at radius 2 is 1.68 bits per heavy atom. The Balaban J connectivity index is 1.67. The molecule has 3 N–H and O–H groups in total. The Hall–Kier alpha value is -2.09. The minimum atomic E-state index is -0.454. The fourth-order valence-electron chi connectivity index (χ4n) is 1.82. The maximum atomic E-state index is 11.7. The van der Waals surface area contributed by atoms with Gasteiger partial charge in [-0.05, 0) is 29.1 Å². The molecule has 6 nitrogen and oxygen atoms in total. The fraction of sp³-hybridized carbons (Fsp3) is 0.188. The SMILES string of the molecule is O=C(CNC(=O)CNC(=O)c1cccs1)NCc1ccc(Cl)cc1Cl. The van der Waals surface area contributed by atoms with Crippen molar-refractivity contribution in [1.82, 2.24) is 16.0 Å². The molecule has 0 aliphatic carbocycles. The second kappa shape index (κ2) is 9.41. The summed E-state index contributed by atoms with van der Waals surface area (Å²) in [6, 6.07) is 8.38. The largest absolute Gasteiger partial charge is 0.350 e. The molecule has 0 fully saturated rings. The van der Waals surface area contributed by atoms with Gasteiger partial charge in [0, 0.05) is 16.6 Å². The van der Waals surface area contributed by atoms with Crippen LogP contribution in [0.5, 0.6) is 0 Å². The van der Waals surface area contributed by atoms with Gasteiger partial charge in [-0.3, -0.25) is 14.4 Å². The van der Waals surface area contributed by atoms with Crippen LogP contribution >= 0.6 is 34.5 Å². The molecule has 1 aromatic heterocycles. The summed E-state index contributed by atoms with van der Waals surface area (Å²) in [5, 5.41) is 10.3. The van der Waals surface area contributed by atoms with E-state index in [1.807, 2.05) is 0 Å². The molecule has 0 aliphatic heterocycles. The zero-order valence-corrected chi connectivity index (χ0v) is 15.3. The van der Waals surface area contributed by atoms with E-state index in [2.05, 4.69) is 16.0 Å². The summed E-state index contributed by atoms with van der Waals surface area (Å²) in [4.78, 5) is 35.6. The van der Waals surface area contributed by atoms with E-state index >= 15 is 0 Å². The molecule has 132 valence electrons. The van der Waals surface area contributed by atoms with Gasteiger partial charge in [0.25, 0.3) is 5.91 Å². The maximum absolute atomic E-state index is 11.7. The number of halogens is 2. The van der Waals surface area contributed by atoms with E-state index in [0.717, 1.165) is 0 Å². The van der Waals surface area contributed by atoms with Crippen molar-refractivity contribution in [2.75, 3.05) is 13.1 Å². The Kier molecular flexibility index (Phi) is 7.24. The smallest absolute Gasteiger partial charge is 0.261 e. The van der Waals surface area contributed by atoms with E-state index < -0.39 is 5.91 Å². The average molecular weight is 400 g/mol. The van der Waals surface area contributed by atoms with Crippen LogP contribution in [0.1, 0.15) is 15.2 Å². The fourth-order valence-corrected chi connectivity index (χ4v) is 2.93. The summed E-state index contributed by atoms with van der Waals surface area (Å²) in [7, 11) is 0. The number of benzene rings is 1. The third-order valence-electron chi connectivity index (χ3n) is 3.09. The van der Waals surface area contributed by atoms with E-state index in [4.69, 9.17) is 23.2 Å². The second-order valence-corrected chi connectivity index (χ2v) is 6.74. The van der Waals surface area contributed by atoms with Crippen molar-refractivity contribution in [3.63, 3.8) is 0 Å². The highest BCUT2D eigenvalue weighted by Gasteiger charge is 2.10. The topological polar surface area (TPSA) is 87.3 Å². The third-order valence-corrected chi connectivity index (χ3v) is 4.55. The normalized spacial score (nSPS) is 10.2. The quantitative estimate of drug-likeness (QED) is 0.666. The predicted octanol–water partition coefficient (Wildman–Crippen LogP) is 2.22. The van der Waals surface area contributed by atoms with Crippen LogP contribution in [0.3, 0.4) is 0 Å². The zero-order valence-electron chi connectivity index (χ0n) is 13.0. The summed E-state index contributed by atoms with van der Waals surface area (Å²) in [5.41, 5.74) is 0.717. The third kappa shape index (κ3) is 6.38. The van der Waals surface area contributed by atoms with E-state index in [0.29, 0.717) is 20.5 Å². The molecular formula is C16H15Cl2N3O3S. The highest BCUT2D eigenvalue weighted by atomic mass is 35.5. The summed E-state index contributed by atoms with van der Waals surface area (Å²) in [5.74, 6) is -1.15. The van der Waals surface area contributed by atoms with Crippen molar-refractivity contribution in [1.29, 1.82) is 0 Å². The summed E-state index contributed by atoms with van der Waals surface area (Å²) < 4.78 is 0. The van der Waals surface area contributed by atoms with Crippen molar-refractivity contribution in [2.45, 2.75) is 6.54 Å². The standard InChI is InChI=1S/C16H15Cl2N3O3S/c17-11-4-3-10(12(18)6-11)7-19-14(22)8-20-15(23)9-21-16(24)13-2-1-5-25-13/h1-6H,7-9H2,(H,19,22)(H,20,23)(H,21,24). The van der Waals surface area contributed by atoms with Crippen LogP contribution in [-0.2, 0) is 16.1 Å². The Bertz CT molecular complexity index is 766. The van der Waals surface area contributed by atoms with Crippen molar-refractivity contribution in [3.8, 4) is 0 Å². The zero-order chi connectivity index (χ0) is 18.2. The van der Waals surface area contributed by atoms with E-state index in [1.54, 1.807) is 35.7 Å². The van der Waals surface area contributed by atoms with Crippen LogP contribution in [0, 0.1) is 0 Å². The first-order chi connectivity index (χ1) is 12.0. The summed E-state index contributed by atoms with van der Waals surface area (Å²) >= 11 is 13.1. The van der Waals surface area contributed by atoms with Gasteiger partial charge in [-0.2, -0.15) is 0 Å². The molecular weight excluding hydrogens is 385 g/mol. The van der Waals surface area contributed by atoms with E-state index in [-0.39, 0.29) is 31.4 Å². The summed E-state index contributed by atoms with van der Waals surface area (Å²) in [6.45, 7) is -0.175. The molecule has 0 atom stereocenters. The monoisotopic (exact) mass is 399 g/mol. The van der Waals surface area contributed by atoms with Crippen LogP contribution in [0.4, 0.5) is 0 Å². The lowest BCUT2D eigenvalue weighted by Gasteiger charge is -2.09. The minimum Gasteiger partial charge on any atom is -0.350 e. The van der Waals surface area contributed by atoms with Gasteiger partial charge in [-0.1, -0.05) is 35.3 Å². The van der Waals surface area contributed by atoms with Gasteiger partial charge in [0.2, 0.25) is 11.8 Å². The number of hydrogen-bond donors (Lipinski definition) is 3. The number of carbonyl (C=O) groups is 3. The number of thiophene rings is 1. The molecule has 1 heterocycles. The molecule has 0 unspecified atom stereocenters. The van der Waals surface area contributed by atoms with E-state index in [1.165, 1.54) is 11.3 Å². The van der Waals surface area contributed by atoms with Gasteiger partial charge in [-0.25, -0.2) is 0 Å². The number of carbonyl (C=O) groups excluding carboxylic acids is 3. The molecule has 0 saturated carbocycles. The lowest BCUT2D eigenvalue weighted by Crippen LogP contribution is -2.41. The Labute approximate surface area is 158 Å². The number of nitrogens with one attached hydrogen (secondary N) is 3. The first-order valence-corrected chi connectivity index (χ1v) is 8.88. The van der Waals surface area contributed by atoms with Crippen molar-refractivity contribution in [3.05, 3.63) is 56.2 Å². The molecule has 0 bridgehead atoms. The molecule has 1 aromatic carbocycles. The molecule has 2 rings (SSSR count). The molecule has 0 radical (unpaired) electrons. The van der Waals surface area contributed by atoms with Gasteiger partial charge in [0.1, 0.15) is 0 Å². The van der Waals surface area contributed by atoms with Gasteiger partial charge < -0.3 is 16.0 Å². The lowest BCUT2D eigenvalue weighted by atomic mass is 10.2. The molecule has 25 heavy (non-hydrogen) atoms. The summed E-state index contributed by atoms with van der Waals surface area (Å²) in [6.07, 6.45) is 0. The highest BCUT2D eigenvalue weighted by molar-refractivity contribution is 7.12. The Morgan fingerprint density at radius 1 is 0.960 bits per heavy atom. The van der Waals surface area contributed by atoms with Crippen molar-refractivity contribution >= 4 is 52.3 Å². The van der Waals surface area contributed by atoms with Gasteiger partial charge in [0.05, 0.1) is 18.0 Å². The second-order valence-electron chi connectivity index (χ2n) is 4.95. The number of hydrogen-bond acceptors (Lipinski definition) is 4. The molecule has 2 aromatic rings. The van der Waals surface area contributed by atoms with Crippen molar-refractivity contribution < 1.29 is 14.4 Å². The number of amides is 3. The highest BCUT2D eigenvalue weighted by Crippen LogP contribution is 2.20. The van der Waals surface area contributed by atoms with E-state index in [9.17, 15) is 14.4 Å². The van der Waals surface area contributed by atoms with Gasteiger partial charge >= 0.3 is 0 Å².